The van der Waals surface area contributed by atoms with Crippen molar-refractivity contribution in [2.24, 2.45) is 0 Å². The lowest BCUT2D eigenvalue weighted by Gasteiger charge is -2.32. The molecule has 0 aliphatic rings. The summed E-state index contributed by atoms with van der Waals surface area (Å²) in [7, 11) is -4.97. The predicted molar refractivity (Wildman–Crippen MR) is 142 cm³/mol. The van der Waals surface area contributed by atoms with Crippen LogP contribution in [0.25, 0.3) is 0 Å². The van der Waals surface area contributed by atoms with Crippen LogP contribution in [0.3, 0.4) is 0 Å². The van der Waals surface area contributed by atoms with Crippen LogP contribution in [0.5, 0.6) is 0 Å². The molecule has 4 N–H and O–H groups in total. The lowest BCUT2D eigenvalue weighted by molar-refractivity contribution is 0.389. The molecule has 0 aromatic carbocycles. The van der Waals surface area contributed by atoms with Gasteiger partial charge >= 0.3 is 0 Å². The van der Waals surface area contributed by atoms with Crippen LogP contribution in [-0.2, 0) is 9.13 Å². The fourth-order valence-electron chi connectivity index (χ4n) is 3.13. The highest BCUT2D eigenvalue weighted by molar-refractivity contribution is 7.81. The first-order valence-electron chi connectivity index (χ1n) is 11.5. The molecule has 2 unspecified atom stereocenters. The van der Waals surface area contributed by atoms with Crippen LogP contribution in [0.2, 0.25) is 0 Å². The summed E-state index contributed by atoms with van der Waals surface area (Å²) >= 11 is 11.0. The summed E-state index contributed by atoms with van der Waals surface area (Å²) in [5, 5.41) is 13.9. The van der Waals surface area contributed by atoms with Crippen molar-refractivity contribution in [1.29, 1.82) is 0 Å². The quantitative estimate of drug-likeness (QED) is 0.170. The molecule has 0 radical (unpaired) electrons. The second-order valence-electron chi connectivity index (χ2n) is 7.71. The van der Waals surface area contributed by atoms with Gasteiger partial charge in [-0.25, -0.2) is 0 Å². The number of nitrogens with one attached hydrogen (secondary N) is 4. The molecule has 0 bridgehead atoms. The van der Waals surface area contributed by atoms with E-state index in [9.17, 15) is 9.13 Å². The number of hydrogen-bond donors (Lipinski definition) is 4. The Hall–Kier alpha value is -0.160. The molecule has 0 aliphatic carbocycles. The van der Waals surface area contributed by atoms with Crippen LogP contribution < -0.4 is 20.8 Å². The van der Waals surface area contributed by atoms with Gasteiger partial charge < -0.3 is 29.9 Å². The summed E-state index contributed by atoms with van der Waals surface area (Å²) in [6.45, 7) is 12.0. The highest BCUT2D eigenvalue weighted by Crippen LogP contribution is 2.40. The Morgan fingerprint density at radius 3 is 1.20 bits per heavy atom. The number of thiocarbonyl (C=S) groups is 2. The van der Waals surface area contributed by atoms with Gasteiger partial charge in [-0.05, 0) is 37.3 Å². The smallest absolute Gasteiger partial charge is 0.172 e. The minimum absolute atomic E-state index is 0.0426. The molecule has 178 valence electrons. The zero-order valence-electron chi connectivity index (χ0n) is 19.8. The molecule has 0 rings (SSSR count). The maximum atomic E-state index is 12.8. The van der Waals surface area contributed by atoms with Crippen molar-refractivity contribution < 1.29 is 9.13 Å². The minimum atomic E-state index is -2.48. The van der Waals surface area contributed by atoms with Crippen LogP contribution in [0.1, 0.15) is 80.1 Å². The molecule has 0 fully saturated rings. The Bertz CT molecular complexity index is 552. The van der Waals surface area contributed by atoms with E-state index in [1.54, 1.807) is 0 Å². The summed E-state index contributed by atoms with van der Waals surface area (Å²) in [4.78, 5) is 0. The van der Waals surface area contributed by atoms with Gasteiger partial charge in [0.2, 0.25) is 0 Å². The highest BCUT2D eigenvalue weighted by atomic mass is 32.1. The van der Waals surface area contributed by atoms with E-state index in [0.29, 0.717) is 34.9 Å². The van der Waals surface area contributed by atoms with Crippen LogP contribution in [0, 0.1) is 0 Å². The van der Waals surface area contributed by atoms with Gasteiger partial charge in [0.25, 0.3) is 0 Å². The number of rotatable bonds is 15. The van der Waals surface area contributed by atoms with Gasteiger partial charge in [-0.1, -0.05) is 67.2 Å². The molecule has 30 heavy (non-hydrogen) atoms. The second-order valence-corrected chi connectivity index (χ2v) is 15.1. The first kappa shape index (κ1) is 29.8. The van der Waals surface area contributed by atoms with Crippen LogP contribution in [0.15, 0.2) is 0 Å². The normalized spacial score (nSPS) is 13.9. The average molecular weight is 499 g/mol. The van der Waals surface area contributed by atoms with Gasteiger partial charge in [0.05, 0.1) is 0 Å². The molecular weight excluding hydrogens is 454 g/mol. The van der Waals surface area contributed by atoms with Crippen LogP contribution in [-0.4, -0.2) is 47.0 Å². The molecule has 0 amide bonds. The zero-order chi connectivity index (χ0) is 23.2. The molecule has 10 heteroatoms. The molecule has 0 spiro atoms. The minimum Gasteiger partial charge on any atom is -0.358 e. The highest BCUT2D eigenvalue weighted by Gasteiger charge is 2.26. The Morgan fingerprint density at radius 2 is 0.967 bits per heavy atom. The van der Waals surface area contributed by atoms with Gasteiger partial charge in [-0.3, -0.25) is 0 Å². The van der Waals surface area contributed by atoms with Crippen LogP contribution in [0.4, 0.5) is 0 Å². The Kier molecular flexibility index (Phi) is 15.5. The lowest BCUT2D eigenvalue weighted by Crippen LogP contribution is -2.55. The summed E-state index contributed by atoms with van der Waals surface area (Å²) in [6.07, 6.45) is 8.36. The first-order chi connectivity index (χ1) is 14.1. The zero-order valence-corrected chi connectivity index (χ0v) is 23.2. The van der Waals surface area contributed by atoms with Crippen LogP contribution >= 0.6 is 39.0 Å². The summed E-state index contributed by atoms with van der Waals surface area (Å²) in [6, 6.07) is 0.0853. The molecule has 0 aromatic heterocycles. The van der Waals surface area contributed by atoms with Crippen molar-refractivity contribution in [3.05, 3.63) is 0 Å². The maximum Gasteiger partial charge on any atom is 0.172 e. The maximum absolute atomic E-state index is 12.8. The van der Waals surface area contributed by atoms with E-state index in [1.807, 2.05) is 27.7 Å². The third-order valence-electron chi connectivity index (χ3n) is 5.51. The van der Waals surface area contributed by atoms with Gasteiger partial charge in [0.1, 0.15) is 0 Å². The third-order valence-corrected chi connectivity index (χ3v) is 11.6. The standard InChI is InChI=1S/C20H44N4O2P2S2/c1-7-13-15-17(21-19(29)23-27(25,9-3)10-4)18(16-14-8-2)22-20(30)24-28(26,11-5)12-6/h17-18H,7-16H2,1-6H3,(H2,21,23,25,29)(H2,22,24,26,30). The predicted octanol–water partition coefficient (Wildman–Crippen LogP) is 5.67. The van der Waals surface area contributed by atoms with Gasteiger partial charge in [0, 0.05) is 36.7 Å². The molecule has 0 heterocycles. The van der Waals surface area contributed by atoms with Crippen molar-refractivity contribution in [3.8, 4) is 0 Å². The second kappa shape index (κ2) is 15.6. The Balaban J connectivity index is 5.40. The topological polar surface area (TPSA) is 82.3 Å². The van der Waals surface area contributed by atoms with E-state index in [0.717, 1.165) is 38.5 Å². The Morgan fingerprint density at radius 1 is 0.667 bits per heavy atom. The summed E-state index contributed by atoms with van der Waals surface area (Å²) < 4.78 is 25.6. The molecule has 6 nitrogen and oxygen atoms in total. The first-order valence-corrected chi connectivity index (χ1v) is 16.4. The van der Waals surface area contributed by atoms with Crippen molar-refractivity contribution in [3.63, 3.8) is 0 Å². The van der Waals surface area contributed by atoms with E-state index in [4.69, 9.17) is 24.4 Å². The largest absolute Gasteiger partial charge is 0.358 e. The van der Waals surface area contributed by atoms with E-state index >= 15 is 0 Å². The molecular formula is C20H44N4O2P2S2. The van der Waals surface area contributed by atoms with Gasteiger partial charge in [-0.2, -0.15) is 0 Å². The number of hydrogen-bond acceptors (Lipinski definition) is 4. The van der Waals surface area contributed by atoms with E-state index in [-0.39, 0.29) is 12.1 Å². The van der Waals surface area contributed by atoms with E-state index in [1.165, 1.54) is 0 Å². The fraction of sp³-hybridized carbons (Fsp3) is 0.900. The molecule has 0 saturated carbocycles. The third kappa shape index (κ3) is 11.5. The molecule has 0 aromatic rings. The van der Waals surface area contributed by atoms with Crippen molar-refractivity contribution >= 4 is 49.2 Å². The van der Waals surface area contributed by atoms with Crippen molar-refractivity contribution in [2.75, 3.05) is 24.6 Å². The summed E-state index contributed by atoms with van der Waals surface area (Å²) in [5.74, 6) is 0. The number of unbranched alkanes of at least 4 members (excludes halogenated alkanes) is 2. The SMILES string of the molecule is CCCCC(NC(=S)NP(=O)(CC)CC)C(CCCC)NC(=S)NP(=O)(CC)CC. The molecule has 2 atom stereocenters. The fourth-order valence-corrected chi connectivity index (χ4v) is 6.83. The Labute approximate surface area is 195 Å². The van der Waals surface area contributed by atoms with Crippen molar-refractivity contribution in [1.82, 2.24) is 20.8 Å². The summed E-state index contributed by atoms with van der Waals surface area (Å²) in [5.41, 5.74) is 0. The van der Waals surface area contributed by atoms with E-state index < -0.39 is 14.6 Å². The molecule has 0 aliphatic heterocycles. The van der Waals surface area contributed by atoms with E-state index in [2.05, 4.69) is 34.7 Å². The van der Waals surface area contributed by atoms with Crippen molar-refractivity contribution in [2.45, 2.75) is 92.2 Å². The monoisotopic (exact) mass is 498 g/mol. The average Bonchev–Trinajstić information content (AvgIpc) is 2.73. The van der Waals surface area contributed by atoms with Gasteiger partial charge in [0.15, 0.2) is 24.8 Å². The lowest BCUT2D eigenvalue weighted by atomic mass is 9.97. The van der Waals surface area contributed by atoms with Gasteiger partial charge in [-0.15, -0.1) is 0 Å². The molecule has 0 saturated heterocycles.